The average molecular weight is 607 g/mol. The molecule has 15 heteroatoms. The molecular weight excluding hydrogens is 558 g/mol. The Bertz CT molecular complexity index is 740. The van der Waals surface area contributed by atoms with Crippen molar-refractivity contribution < 1.29 is 64.4 Å². The molecule has 0 saturated heterocycles. The Kier molecular flexibility index (Phi) is 19.5. The van der Waals surface area contributed by atoms with Crippen LogP contribution in [0.25, 0.3) is 0 Å². The molecule has 0 spiro atoms. The van der Waals surface area contributed by atoms with Gasteiger partial charge in [-0.3, -0.25) is 0 Å². The summed E-state index contributed by atoms with van der Waals surface area (Å²) in [5, 5.41) is 62.3. The maximum absolute atomic E-state index is 9.43. The third-order valence-corrected chi connectivity index (χ3v) is 6.85. The van der Waals surface area contributed by atoms with E-state index >= 15 is 0 Å². The Labute approximate surface area is 232 Å². The molecule has 0 amide bonds. The minimum atomic E-state index is -2.61. The largest absolute Gasteiger partial charge is 0.492 e. The molecule has 0 heterocycles. The van der Waals surface area contributed by atoms with Crippen molar-refractivity contribution >= 4 is 17.2 Å². The maximum atomic E-state index is 9.43. The van der Waals surface area contributed by atoms with Crippen molar-refractivity contribution in [1.29, 1.82) is 0 Å². The summed E-state index contributed by atoms with van der Waals surface area (Å²) in [4.78, 5) is 31.3. The smallest absolute Gasteiger partial charge is 0.334 e. The van der Waals surface area contributed by atoms with Crippen LogP contribution in [0.5, 0.6) is 5.75 Å². The minimum absolute atomic E-state index is 0.0452. The van der Waals surface area contributed by atoms with Crippen LogP contribution in [0.4, 0.5) is 0 Å². The van der Waals surface area contributed by atoms with Gasteiger partial charge in [-0.15, -0.1) is 0 Å². The summed E-state index contributed by atoms with van der Waals surface area (Å²) in [6, 6.07) is 6.15. The first-order valence-corrected chi connectivity index (χ1v) is 14.3. The van der Waals surface area contributed by atoms with Gasteiger partial charge < -0.3 is 60.1 Å². The molecule has 0 fully saturated rings. The molecule has 1 rings (SSSR count). The molecule has 39 heavy (non-hydrogen) atoms. The lowest BCUT2D eigenvalue weighted by Gasteiger charge is -2.30. The van der Waals surface area contributed by atoms with Gasteiger partial charge in [0.25, 0.3) is 0 Å². The fourth-order valence-electron chi connectivity index (χ4n) is 2.59. The van der Waals surface area contributed by atoms with Gasteiger partial charge in [-0.2, -0.15) is 0 Å². The van der Waals surface area contributed by atoms with Crippen molar-refractivity contribution in [2.24, 2.45) is 10.8 Å². The van der Waals surface area contributed by atoms with E-state index in [1.807, 2.05) is 12.1 Å². The number of aliphatic hydroxyl groups is 7. The lowest BCUT2D eigenvalue weighted by molar-refractivity contribution is -0.0328. The zero-order chi connectivity index (χ0) is 31.1. The summed E-state index contributed by atoms with van der Waals surface area (Å²) in [5.41, 5.74) is 0.110. The van der Waals surface area contributed by atoms with Crippen molar-refractivity contribution in [3.05, 3.63) is 29.3 Å². The summed E-state index contributed by atoms with van der Waals surface area (Å²) in [5.74, 6) is 0.727. The van der Waals surface area contributed by atoms with E-state index in [1.165, 1.54) is 5.56 Å². The lowest BCUT2D eigenvalue weighted by Crippen LogP contribution is -2.40. The Morgan fingerprint density at radius 2 is 0.974 bits per heavy atom. The molecule has 11 N–H and O–H groups in total. The summed E-state index contributed by atoms with van der Waals surface area (Å²) in [6.45, 7) is 10.3. The molecule has 0 aliphatic carbocycles. The second-order valence-electron chi connectivity index (χ2n) is 11.2. The molecule has 232 valence electrons. The predicted molar refractivity (Wildman–Crippen MR) is 148 cm³/mol. The Morgan fingerprint density at radius 1 is 0.590 bits per heavy atom. The lowest BCUT2D eigenvalue weighted by atomic mass is 9.80. The van der Waals surface area contributed by atoms with Crippen LogP contribution in [0, 0.1) is 10.8 Å². The van der Waals surface area contributed by atoms with Gasteiger partial charge in [0.15, 0.2) is 0 Å². The first kappa shape index (κ1) is 40.5. The molecule has 0 aromatic heterocycles. The zero-order valence-corrected chi connectivity index (χ0v) is 25.3. The Morgan fingerprint density at radius 3 is 1.21 bits per heavy atom. The predicted octanol–water partition coefficient (Wildman–Crippen LogP) is -0.00830. The third-order valence-electron chi connectivity index (χ3n) is 5.68. The van der Waals surface area contributed by atoms with Crippen LogP contribution >= 0.6 is 17.2 Å². The molecule has 1 aromatic carbocycles. The van der Waals surface area contributed by atoms with E-state index in [9.17, 15) is 15.3 Å². The van der Waals surface area contributed by atoms with Gasteiger partial charge in [-0.1, -0.05) is 53.7 Å². The van der Waals surface area contributed by atoms with Crippen molar-refractivity contribution in [2.75, 3.05) is 52.9 Å². The highest BCUT2D eigenvalue weighted by Crippen LogP contribution is 2.41. The first-order chi connectivity index (χ1) is 17.9. The number of rotatable bonds is 12. The van der Waals surface area contributed by atoms with Crippen molar-refractivity contribution in [3.8, 4) is 5.75 Å². The molecule has 0 unspecified atom stereocenters. The van der Waals surface area contributed by atoms with E-state index in [4.69, 9.17) is 44.7 Å². The van der Waals surface area contributed by atoms with Crippen LogP contribution in [0.2, 0.25) is 0 Å². The molecule has 13 nitrogen and oxygen atoms in total. The van der Waals surface area contributed by atoms with Gasteiger partial charge >= 0.3 is 17.2 Å². The van der Waals surface area contributed by atoms with Gasteiger partial charge in [-0.25, -0.2) is 4.31 Å². The monoisotopic (exact) mass is 606 g/mol. The highest BCUT2D eigenvalue weighted by Gasteiger charge is 2.31. The van der Waals surface area contributed by atoms with E-state index in [0.717, 1.165) is 11.3 Å². The second kappa shape index (κ2) is 18.8. The molecule has 1 aromatic rings. The summed E-state index contributed by atoms with van der Waals surface area (Å²) >= 11 is 0. The zero-order valence-electron chi connectivity index (χ0n) is 23.5. The molecule has 0 aliphatic rings. The molecule has 0 atom stereocenters. The maximum Gasteiger partial charge on any atom is 0.334 e. The number of aliphatic hydroxyl groups excluding tert-OH is 7. The van der Waals surface area contributed by atoms with Gasteiger partial charge in [0.05, 0.1) is 57.1 Å². The van der Waals surface area contributed by atoms with Crippen LogP contribution in [0.1, 0.15) is 52.7 Å². The minimum Gasteiger partial charge on any atom is -0.492 e. The molecule has 0 saturated carbocycles. The standard InChI is InChI=1S/C19H32O4.C5H12O4.H4O5P2/c1-17(2,3)14-7-8-16(15(9-14)18(4,5)6)23-13-19(10-20,11-21)12-22;6-1-5(2-7,3-8)4-9;1-6(2)5-7(3)4/h7-9,20-22H,10-13H2,1-6H3;6-9H,1-4H2;1-4H. The van der Waals surface area contributed by atoms with Crippen LogP contribution in [0.3, 0.4) is 0 Å². The number of benzene rings is 1. The fourth-order valence-corrected chi connectivity index (χ4v) is 3.11. The van der Waals surface area contributed by atoms with E-state index in [1.54, 1.807) is 0 Å². The quantitative estimate of drug-likeness (QED) is 0.141. The number of hydrogen-bond acceptors (Lipinski definition) is 13. The Hall–Kier alpha value is -0.600. The summed E-state index contributed by atoms with van der Waals surface area (Å²) in [7, 11) is -5.22. The van der Waals surface area contributed by atoms with E-state index in [2.05, 4.69) is 51.9 Å². The average Bonchev–Trinajstić information content (AvgIpc) is 2.86. The third kappa shape index (κ3) is 15.3. The van der Waals surface area contributed by atoms with Crippen LogP contribution in [-0.4, -0.2) is 108 Å². The number of hydrogen-bond donors (Lipinski definition) is 11. The molecule has 0 bridgehead atoms. The Balaban J connectivity index is 0. The molecule has 0 radical (unpaired) electrons. The van der Waals surface area contributed by atoms with Crippen LogP contribution in [0.15, 0.2) is 18.2 Å². The van der Waals surface area contributed by atoms with Crippen LogP contribution < -0.4 is 4.74 Å². The van der Waals surface area contributed by atoms with Crippen molar-refractivity contribution in [3.63, 3.8) is 0 Å². The molecular formula is C24H48O13P2. The molecule has 0 aliphatic heterocycles. The first-order valence-electron chi connectivity index (χ1n) is 11.9. The van der Waals surface area contributed by atoms with Gasteiger partial charge in [0.2, 0.25) is 0 Å². The summed E-state index contributed by atoms with van der Waals surface area (Å²) < 4.78 is 9.49. The highest BCUT2D eigenvalue weighted by atomic mass is 31.2. The SMILES string of the molecule is CC(C)(C)c1ccc(OCC(CO)(CO)CO)c(C(C)(C)C)c1.OCC(CO)(CO)CO.OP(O)OP(O)O. The van der Waals surface area contributed by atoms with Gasteiger partial charge in [0.1, 0.15) is 12.4 Å². The van der Waals surface area contributed by atoms with Gasteiger partial charge in [0, 0.05) is 0 Å². The van der Waals surface area contributed by atoms with Gasteiger partial charge in [-0.05, 0) is 28.0 Å². The van der Waals surface area contributed by atoms with E-state index < -0.39 is 54.5 Å². The van der Waals surface area contributed by atoms with Crippen molar-refractivity contribution in [2.45, 2.75) is 52.4 Å². The second-order valence-corrected chi connectivity index (χ2v) is 12.9. The highest BCUT2D eigenvalue weighted by molar-refractivity contribution is 7.53. The van der Waals surface area contributed by atoms with Crippen LogP contribution in [-0.2, 0) is 15.1 Å². The fraction of sp³-hybridized carbons (Fsp3) is 0.750. The summed E-state index contributed by atoms with van der Waals surface area (Å²) in [6.07, 6.45) is 0. The normalized spacial score (nSPS) is 12.6. The van der Waals surface area contributed by atoms with Crippen molar-refractivity contribution in [1.82, 2.24) is 0 Å². The number of ether oxygens (including phenoxy) is 1. The van der Waals surface area contributed by atoms with E-state index in [0.29, 0.717) is 0 Å². The van der Waals surface area contributed by atoms with E-state index in [-0.39, 0.29) is 37.3 Å². The topological polar surface area (TPSA) is 241 Å².